The first kappa shape index (κ1) is 14.0. The van der Waals surface area contributed by atoms with E-state index in [1.54, 1.807) is 23.6 Å². The van der Waals surface area contributed by atoms with E-state index < -0.39 is 0 Å². The van der Waals surface area contributed by atoms with E-state index in [4.69, 9.17) is 5.73 Å². The Bertz CT molecular complexity index is 544. The summed E-state index contributed by atoms with van der Waals surface area (Å²) in [4.78, 5) is 4.25. The molecule has 19 heavy (non-hydrogen) atoms. The van der Waals surface area contributed by atoms with Crippen LogP contribution in [0.4, 0.5) is 0 Å². The van der Waals surface area contributed by atoms with Gasteiger partial charge in [-0.25, -0.2) is 4.98 Å². The molecule has 0 bridgehead atoms. The lowest BCUT2D eigenvalue weighted by Gasteiger charge is -2.21. The summed E-state index contributed by atoms with van der Waals surface area (Å²) in [6, 6.07) is 5.64. The number of rotatable bonds is 3. The van der Waals surface area contributed by atoms with E-state index in [1.807, 2.05) is 17.5 Å². The van der Waals surface area contributed by atoms with E-state index >= 15 is 0 Å². The first-order chi connectivity index (χ1) is 8.88. The fourth-order valence-electron chi connectivity index (χ4n) is 2.07. The van der Waals surface area contributed by atoms with Crippen LogP contribution in [0.1, 0.15) is 42.9 Å². The van der Waals surface area contributed by atoms with Crippen LogP contribution >= 0.6 is 11.3 Å². The van der Waals surface area contributed by atoms with Crippen LogP contribution in [0.25, 0.3) is 0 Å². The molecule has 0 saturated carbocycles. The molecule has 1 aromatic heterocycles. The number of nitrogens with two attached hydrogens (primary N) is 1. The van der Waals surface area contributed by atoms with Crippen LogP contribution in [0, 0.1) is 0 Å². The Kier molecular flexibility index (Phi) is 3.92. The molecule has 0 saturated heterocycles. The summed E-state index contributed by atoms with van der Waals surface area (Å²) in [7, 11) is 0. The van der Waals surface area contributed by atoms with Crippen LogP contribution in [0.2, 0.25) is 0 Å². The topological polar surface area (TPSA) is 59.1 Å². The van der Waals surface area contributed by atoms with Crippen LogP contribution in [-0.4, -0.2) is 10.1 Å². The molecule has 3 nitrogen and oxygen atoms in total. The lowest BCUT2D eigenvalue weighted by Crippen LogP contribution is -2.15. The number of aromatic hydroxyl groups is 1. The highest BCUT2D eigenvalue weighted by atomic mass is 32.1. The van der Waals surface area contributed by atoms with Crippen molar-refractivity contribution < 1.29 is 5.11 Å². The van der Waals surface area contributed by atoms with Gasteiger partial charge in [-0.05, 0) is 29.0 Å². The van der Waals surface area contributed by atoms with Crippen molar-refractivity contribution in [3.63, 3.8) is 0 Å². The van der Waals surface area contributed by atoms with E-state index in [0.29, 0.717) is 5.75 Å². The normalized spacial score (nSPS) is 13.5. The van der Waals surface area contributed by atoms with E-state index in [9.17, 15) is 5.11 Å². The van der Waals surface area contributed by atoms with Crippen LogP contribution in [0.3, 0.4) is 0 Å². The Labute approximate surface area is 118 Å². The van der Waals surface area contributed by atoms with Crippen molar-refractivity contribution >= 4 is 11.3 Å². The van der Waals surface area contributed by atoms with Crippen molar-refractivity contribution in [1.82, 2.24) is 4.98 Å². The monoisotopic (exact) mass is 276 g/mol. The average Bonchev–Trinajstić information content (AvgIpc) is 2.83. The minimum atomic E-state index is -0.0858. The van der Waals surface area contributed by atoms with Crippen LogP contribution < -0.4 is 5.73 Å². The third kappa shape index (κ3) is 3.33. The summed E-state index contributed by atoms with van der Waals surface area (Å²) in [5, 5.41) is 12.8. The predicted octanol–water partition coefficient (Wildman–Crippen LogP) is 3.39. The standard InChI is InChI=1S/C15H20N2OS/c1-15(2,3)11-8-10(4-5-13(11)18)9-12(16)14-17-6-7-19-14/h4-8,12,18H,9,16H2,1-3H3. The van der Waals surface area contributed by atoms with E-state index in [0.717, 1.165) is 22.6 Å². The van der Waals surface area contributed by atoms with Crippen LogP contribution in [-0.2, 0) is 11.8 Å². The molecule has 0 amide bonds. The summed E-state index contributed by atoms with van der Waals surface area (Å²) < 4.78 is 0. The zero-order valence-electron chi connectivity index (χ0n) is 11.6. The third-order valence-electron chi connectivity index (χ3n) is 3.09. The molecule has 102 valence electrons. The SMILES string of the molecule is CC(C)(C)c1cc(CC(N)c2nccs2)ccc1O. The molecule has 3 N–H and O–H groups in total. The lowest BCUT2D eigenvalue weighted by atomic mass is 9.85. The number of thiazole rings is 1. The molecule has 2 rings (SSSR count). The van der Waals surface area contributed by atoms with Gasteiger partial charge in [0.2, 0.25) is 0 Å². The second-order valence-electron chi connectivity index (χ2n) is 5.78. The molecule has 0 aliphatic carbocycles. The summed E-state index contributed by atoms with van der Waals surface area (Å²) in [5.41, 5.74) is 8.16. The van der Waals surface area contributed by atoms with Gasteiger partial charge in [0, 0.05) is 11.6 Å². The summed E-state index contributed by atoms with van der Waals surface area (Å²) in [5.74, 6) is 0.346. The highest BCUT2D eigenvalue weighted by Crippen LogP contribution is 2.32. The molecular formula is C15H20N2OS. The van der Waals surface area contributed by atoms with Gasteiger partial charge in [-0.1, -0.05) is 32.9 Å². The van der Waals surface area contributed by atoms with Gasteiger partial charge in [0.1, 0.15) is 10.8 Å². The van der Waals surface area contributed by atoms with Crippen molar-refractivity contribution in [2.24, 2.45) is 5.73 Å². The molecule has 2 aromatic rings. The molecule has 1 heterocycles. The number of phenolic OH excluding ortho intramolecular Hbond substituents is 1. The van der Waals surface area contributed by atoms with E-state index in [1.165, 1.54) is 0 Å². The molecule has 0 aliphatic heterocycles. The lowest BCUT2D eigenvalue weighted by molar-refractivity contribution is 0.446. The van der Waals surface area contributed by atoms with Crippen molar-refractivity contribution in [1.29, 1.82) is 0 Å². The highest BCUT2D eigenvalue weighted by molar-refractivity contribution is 7.09. The van der Waals surface area contributed by atoms with Crippen molar-refractivity contribution in [2.75, 3.05) is 0 Å². The maximum Gasteiger partial charge on any atom is 0.119 e. The third-order valence-corrected chi connectivity index (χ3v) is 4.00. The molecule has 0 spiro atoms. The molecule has 0 aliphatic rings. The van der Waals surface area contributed by atoms with Gasteiger partial charge in [-0.15, -0.1) is 11.3 Å². The predicted molar refractivity (Wildman–Crippen MR) is 79.6 cm³/mol. The van der Waals surface area contributed by atoms with Crippen molar-refractivity contribution in [3.8, 4) is 5.75 Å². The van der Waals surface area contributed by atoms with Gasteiger partial charge in [-0.3, -0.25) is 0 Å². The fourth-order valence-corrected chi connectivity index (χ4v) is 2.71. The number of benzene rings is 1. The first-order valence-corrected chi connectivity index (χ1v) is 7.23. The number of hydrogen-bond donors (Lipinski definition) is 2. The maximum atomic E-state index is 9.95. The molecule has 4 heteroatoms. The Morgan fingerprint density at radius 2 is 2.11 bits per heavy atom. The van der Waals surface area contributed by atoms with Gasteiger partial charge in [0.05, 0.1) is 6.04 Å². The second kappa shape index (κ2) is 5.31. The zero-order valence-corrected chi connectivity index (χ0v) is 12.4. The molecule has 1 aromatic carbocycles. The smallest absolute Gasteiger partial charge is 0.119 e. The quantitative estimate of drug-likeness (QED) is 0.903. The highest BCUT2D eigenvalue weighted by Gasteiger charge is 2.19. The van der Waals surface area contributed by atoms with Gasteiger partial charge in [0.15, 0.2) is 0 Å². The van der Waals surface area contributed by atoms with Crippen LogP contribution in [0.15, 0.2) is 29.8 Å². The van der Waals surface area contributed by atoms with Crippen molar-refractivity contribution in [2.45, 2.75) is 38.6 Å². The van der Waals surface area contributed by atoms with Gasteiger partial charge in [0.25, 0.3) is 0 Å². The number of hydrogen-bond acceptors (Lipinski definition) is 4. The largest absolute Gasteiger partial charge is 0.508 e. The van der Waals surface area contributed by atoms with Crippen LogP contribution in [0.5, 0.6) is 5.75 Å². The second-order valence-corrected chi connectivity index (χ2v) is 6.71. The Morgan fingerprint density at radius 3 is 2.68 bits per heavy atom. The van der Waals surface area contributed by atoms with E-state index in [2.05, 4.69) is 25.8 Å². The minimum Gasteiger partial charge on any atom is -0.508 e. The molecule has 1 atom stereocenters. The summed E-state index contributed by atoms with van der Waals surface area (Å²) >= 11 is 1.58. The van der Waals surface area contributed by atoms with Gasteiger partial charge >= 0.3 is 0 Å². The van der Waals surface area contributed by atoms with Gasteiger partial charge < -0.3 is 10.8 Å². The fraction of sp³-hybridized carbons (Fsp3) is 0.400. The Hall–Kier alpha value is -1.39. The Morgan fingerprint density at radius 1 is 1.37 bits per heavy atom. The molecule has 0 radical (unpaired) electrons. The molecule has 1 unspecified atom stereocenters. The van der Waals surface area contributed by atoms with Crippen molar-refractivity contribution in [3.05, 3.63) is 45.9 Å². The van der Waals surface area contributed by atoms with E-state index in [-0.39, 0.29) is 11.5 Å². The number of aromatic nitrogens is 1. The Balaban J connectivity index is 2.22. The number of nitrogens with zero attached hydrogens (tertiary/aromatic N) is 1. The summed E-state index contributed by atoms with van der Waals surface area (Å²) in [6.45, 7) is 6.27. The van der Waals surface area contributed by atoms with Gasteiger partial charge in [-0.2, -0.15) is 0 Å². The average molecular weight is 276 g/mol. The first-order valence-electron chi connectivity index (χ1n) is 6.35. The maximum absolute atomic E-state index is 9.95. The zero-order chi connectivity index (χ0) is 14.0. The number of phenols is 1. The molecular weight excluding hydrogens is 256 g/mol. The summed E-state index contributed by atoms with van der Waals surface area (Å²) in [6.07, 6.45) is 2.51. The minimum absolute atomic E-state index is 0.0780. The molecule has 0 fully saturated rings.